The number of nitrogens with zero attached hydrogens (tertiary/aromatic N) is 2. The highest BCUT2D eigenvalue weighted by atomic mass is 32.1. The summed E-state index contributed by atoms with van der Waals surface area (Å²) in [6.45, 7) is 2.35. The summed E-state index contributed by atoms with van der Waals surface area (Å²) in [5.41, 5.74) is 0.986. The number of halogens is 2. The molecule has 1 saturated heterocycles. The van der Waals surface area contributed by atoms with Crippen molar-refractivity contribution in [1.29, 1.82) is 0 Å². The first-order valence-corrected chi connectivity index (χ1v) is 11.5. The van der Waals surface area contributed by atoms with Crippen LogP contribution in [0.2, 0.25) is 0 Å². The van der Waals surface area contributed by atoms with E-state index in [9.17, 15) is 23.5 Å². The van der Waals surface area contributed by atoms with Gasteiger partial charge in [0, 0.05) is 5.56 Å². The van der Waals surface area contributed by atoms with Crippen molar-refractivity contribution in [1.82, 2.24) is 4.98 Å². The SMILES string of the molecule is CCOc1ccc2nc(N3C(=O)C(=O)C(=C(O)c4ccc(F)cc4)[C@@H]3c3ccc(F)cc3)sc2c1. The van der Waals surface area contributed by atoms with Crippen LogP contribution in [0.1, 0.15) is 24.1 Å². The Bertz CT molecular complexity index is 1480. The Hall–Kier alpha value is -4.11. The summed E-state index contributed by atoms with van der Waals surface area (Å²) >= 11 is 1.19. The lowest BCUT2D eigenvalue weighted by Gasteiger charge is -2.23. The van der Waals surface area contributed by atoms with Crippen molar-refractivity contribution in [2.75, 3.05) is 11.5 Å². The maximum absolute atomic E-state index is 13.7. The predicted molar refractivity (Wildman–Crippen MR) is 128 cm³/mol. The topological polar surface area (TPSA) is 79.7 Å². The summed E-state index contributed by atoms with van der Waals surface area (Å²) in [6.07, 6.45) is 0. The number of benzene rings is 3. The van der Waals surface area contributed by atoms with Gasteiger partial charge in [-0.1, -0.05) is 23.5 Å². The molecular weight excluding hydrogens is 474 g/mol. The molecule has 9 heteroatoms. The number of fused-ring (bicyclic) bond motifs is 1. The number of amides is 1. The van der Waals surface area contributed by atoms with Gasteiger partial charge < -0.3 is 9.84 Å². The highest BCUT2D eigenvalue weighted by Gasteiger charge is 2.48. The molecule has 0 radical (unpaired) electrons. The first-order chi connectivity index (χ1) is 16.9. The van der Waals surface area contributed by atoms with Crippen molar-refractivity contribution < 1.29 is 28.2 Å². The summed E-state index contributed by atoms with van der Waals surface area (Å²) in [7, 11) is 0. The molecule has 1 amide bonds. The lowest BCUT2D eigenvalue weighted by atomic mass is 9.95. The van der Waals surface area contributed by atoms with Crippen LogP contribution in [0.3, 0.4) is 0 Å². The average molecular weight is 493 g/mol. The van der Waals surface area contributed by atoms with E-state index in [4.69, 9.17) is 4.74 Å². The lowest BCUT2D eigenvalue weighted by molar-refractivity contribution is -0.132. The van der Waals surface area contributed by atoms with E-state index >= 15 is 0 Å². The number of anilines is 1. The Balaban J connectivity index is 1.69. The van der Waals surface area contributed by atoms with Crippen LogP contribution in [0.15, 0.2) is 72.3 Å². The number of rotatable bonds is 5. The molecule has 1 atom stereocenters. The van der Waals surface area contributed by atoms with Gasteiger partial charge in [-0.3, -0.25) is 14.5 Å². The third-order valence-corrected chi connectivity index (χ3v) is 6.63. The molecule has 0 bridgehead atoms. The molecule has 1 N–H and O–H groups in total. The third-order valence-electron chi connectivity index (χ3n) is 5.61. The van der Waals surface area contributed by atoms with Gasteiger partial charge in [-0.25, -0.2) is 13.8 Å². The fraction of sp³-hybridized carbons (Fsp3) is 0.115. The van der Waals surface area contributed by atoms with E-state index in [1.165, 1.54) is 52.6 Å². The van der Waals surface area contributed by atoms with Crippen LogP contribution in [-0.2, 0) is 9.59 Å². The van der Waals surface area contributed by atoms with Crippen LogP contribution in [-0.4, -0.2) is 28.4 Å². The fourth-order valence-corrected chi connectivity index (χ4v) is 5.03. The molecule has 5 rings (SSSR count). The molecule has 1 aromatic heterocycles. The zero-order chi connectivity index (χ0) is 24.7. The van der Waals surface area contributed by atoms with E-state index in [1.54, 1.807) is 18.2 Å². The van der Waals surface area contributed by atoms with E-state index in [1.807, 2.05) is 6.92 Å². The van der Waals surface area contributed by atoms with E-state index in [0.717, 1.165) is 16.8 Å². The summed E-state index contributed by atoms with van der Waals surface area (Å²) in [5.74, 6) is -2.63. The largest absolute Gasteiger partial charge is 0.507 e. The Morgan fingerprint density at radius 2 is 1.69 bits per heavy atom. The molecule has 1 aliphatic heterocycles. The molecule has 0 spiro atoms. The lowest BCUT2D eigenvalue weighted by Crippen LogP contribution is -2.29. The molecule has 6 nitrogen and oxygen atoms in total. The number of hydrogen-bond donors (Lipinski definition) is 1. The Morgan fingerprint density at radius 3 is 2.34 bits per heavy atom. The molecule has 35 heavy (non-hydrogen) atoms. The maximum Gasteiger partial charge on any atom is 0.301 e. The van der Waals surface area contributed by atoms with Gasteiger partial charge in [0.25, 0.3) is 5.78 Å². The van der Waals surface area contributed by atoms with Crippen LogP contribution in [0.4, 0.5) is 13.9 Å². The highest BCUT2D eigenvalue weighted by Crippen LogP contribution is 2.44. The predicted octanol–water partition coefficient (Wildman–Crippen LogP) is 5.60. The number of ketones is 1. The number of ether oxygens (including phenoxy) is 1. The minimum atomic E-state index is -1.06. The van der Waals surface area contributed by atoms with Crippen molar-refractivity contribution >= 4 is 44.1 Å². The van der Waals surface area contributed by atoms with Gasteiger partial charge in [0.15, 0.2) is 5.13 Å². The number of thiazole rings is 1. The van der Waals surface area contributed by atoms with Crippen LogP contribution >= 0.6 is 11.3 Å². The molecular formula is C26H18F2N2O4S. The van der Waals surface area contributed by atoms with E-state index in [-0.39, 0.29) is 16.3 Å². The van der Waals surface area contributed by atoms with Crippen molar-refractivity contribution in [3.8, 4) is 5.75 Å². The number of carbonyl (C=O) groups is 2. The molecule has 4 aromatic rings. The Kier molecular flexibility index (Phi) is 5.78. The Morgan fingerprint density at radius 1 is 1.03 bits per heavy atom. The Labute approximate surface area is 202 Å². The second-order valence-electron chi connectivity index (χ2n) is 7.79. The van der Waals surface area contributed by atoms with Crippen LogP contribution < -0.4 is 9.64 Å². The molecule has 1 fully saturated rings. The zero-order valence-electron chi connectivity index (χ0n) is 18.4. The van der Waals surface area contributed by atoms with Crippen LogP contribution in [0.5, 0.6) is 5.75 Å². The molecule has 0 aliphatic carbocycles. The normalized spacial score (nSPS) is 17.3. The van der Waals surface area contributed by atoms with Crippen molar-refractivity contribution in [2.24, 2.45) is 0 Å². The number of Topliss-reactive ketones (excluding diaryl/α,β-unsaturated/α-hetero) is 1. The summed E-state index contributed by atoms with van der Waals surface area (Å²) < 4.78 is 33.4. The fourth-order valence-electron chi connectivity index (χ4n) is 4.01. The smallest absolute Gasteiger partial charge is 0.301 e. The summed E-state index contributed by atoms with van der Waals surface area (Å²) in [5, 5.41) is 11.3. The number of hydrogen-bond acceptors (Lipinski definition) is 6. The van der Waals surface area contributed by atoms with Crippen molar-refractivity contribution in [3.63, 3.8) is 0 Å². The van der Waals surface area contributed by atoms with Crippen LogP contribution in [0, 0.1) is 11.6 Å². The molecule has 0 saturated carbocycles. The van der Waals surface area contributed by atoms with E-state index in [2.05, 4.69) is 4.98 Å². The minimum absolute atomic E-state index is 0.169. The average Bonchev–Trinajstić information content (AvgIpc) is 3.38. The van der Waals surface area contributed by atoms with Gasteiger partial charge in [0.1, 0.15) is 23.1 Å². The second kappa shape index (κ2) is 8.92. The third kappa shape index (κ3) is 4.04. The summed E-state index contributed by atoms with van der Waals surface area (Å²) in [4.78, 5) is 32.2. The van der Waals surface area contributed by atoms with Gasteiger partial charge in [0.05, 0.1) is 28.4 Å². The van der Waals surface area contributed by atoms with Gasteiger partial charge in [-0.2, -0.15) is 0 Å². The molecule has 0 unspecified atom stereocenters. The number of aliphatic hydroxyl groups is 1. The van der Waals surface area contributed by atoms with E-state index in [0.29, 0.717) is 23.4 Å². The van der Waals surface area contributed by atoms with Gasteiger partial charge in [0.2, 0.25) is 0 Å². The molecule has 1 aliphatic rings. The van der Waals surface area contributed by atoms with Gasteiger partial charge in [-0.05, 0) is 67.1 Å². The number of aliphatic hydroxyl groups excluding tert-OH is 1. The van der Waals surface area contributed by atoms with Crippen molar-refractivity contribution in [3.05, 3.63) is 95.1 Å². The van der Waals surface area contributed by atoms with E-state index < -0.39 is 35.1 Å². The maximum atomic E-state index is 13.7. The molecule has 2 heterocycles. The molecule has 176 valence electrons. The quantitative estimate of drug-likeness (QED) is 0.223. The number of aromatic nitrogens is 1. The minimum Gasteiger partial charge on any atom is -0.507 e. The van der Waals surface area contributed by atoms with Crippen molar-refractivity contribution in [2.45, 2.75) is 13.0 Å². The number of carbonyl (C=O) groups excluding carboxylic acids is 2. The van der Waals surface area contributed by atoms with Crippen LogP contribution in [0.25, 0.3) is 16.0 Å². The second-order valence-corrected chi connectivity index (χ2v) is 8.80. The van der Waals surface area contributed by atoms with Gasteiger partial charge >= 0.3 is 5.91 Å². The zero-order valence-corrected chi connectivity index (χ0v) is 19.2. The summed E-state index contributed by atoms with van der Waals surface area (Å²) in [6, 6.07) is 14.4. The first-order valence-electron chi connectivity index (χ1n) is 10.7. The van der Waals surface area contributed by atoms with Gasteiger partial charge in [-0.15, -0.1) is 0 Å². The monoisotopic (exact) mass is 492 g/mol. The standard InChI is InChI=1S/C26H18F2N2O4S/c1-2-34-18-11-12-19-20(13-18)35-26(29-19)30-22(14-3-7-16(27)8-4-14)21(24(32)25(30)33)23(31)15-5-9-17(28)10-6-15/h3-13,22,31H,2H2,1H3/t22-/m0/s1. The highest BCUT2D eigenvalue weighted by molar-refractivity contribution is 7.22. The first kappa shape index (κ1) is 22.7. The molecule has 3 aromatic carbocycles.